The first kappa shape index (κ1) is 7.52. The molecule has 0 aliphatic rings. The van der Waals surface area contributed by atoms with Gasteiger partial charge in [-0.15, -0.1) is 0 Å². The lowest BCUT2D eigenvalue weighted by Gasteiger charge is -1.95. The van der Waals surface area contributed by atoms with Crippen LogP contribution in [-0.2, 0) is 11.1 Å². The molecule has 1 atom stereocenters. The number of nitrogens with one attached hydrogen (secondary N) is 1. The van der Waals surface area contributed by atoms with E-state index in [0.717, 1.165) is 10.9 Å². The first-order chi connectivity index (χ1) is 5.79. The molecule has 0 aliphatic carbocycles. The number of hydrogen-bond donors (Lipinski definition) is 2. The normalized spacial score (nSPS) is 13.4. The summed E-state index contributed by atoms with van der Waals surface area (Å²) >= 11 is -1.91. The number of aromatic nitrogens is 1. The molecule has 0 radical (unpaired) electrons. The fraction of sp³-hybridized carbons (Fsp3) is 0. The van der Waals surface area contributed by atoms with Crippen LogP contribution in [0.25, 0.3) is 10.9 Å². The SMILES string of the molecule is O=S(O)c1cccc2cc[nH]c12. The summed E-state index contributed by atoms with van der Waals surface area (Å²) in [5, 5.41) is 0.954. The summed E-state index contributed by atoms with van der Waals surface area (Å²) in [5.74, 6) is 0. The van der Waals surface area contributed by atoms with E-state index < -0.39 is 11.1 Å². The molecule has 2 aromatic rings. The second kappa shape index (κ2) is 2.73. The fourth-order valence-corrected chi connectivity index (χ4v) is 1.75. The van der Waals surface area contributed by atoms with Gasteiger partial charge in [-0.05, 0) is 12.1 Å². The van der Waals surface area contributed by atoms with Crippen LogP contribution in [0.5, 0.6) is 0 Å². The topological polar surface area (TPSA) is 53.1 Å². The molecule has 62 valence electrons. The number of rotatable bonds is 1. The van der Waals surface area contributed by atoms with Crippen LogP contribution in [0.4, 0.5) is 0 Å². The van der Waals surface area contributed by atoms with E-state index in [1.54, 1.807) is 18.3 Å². The van der Waals surface area contributed by atoms with Crippen molar-refractivity contribution in [3.05, 3.63) is 30.5 Å². The molecular formula is C8H7NO2S. The van der Waals surface area contributed by atoms with Crippen LogP contribution < -0.4 is 0 Å². The van der Waals surface area contributed by atoms with Crippen LogP contribution in [0.1, 0.15) is 0 Å². The highest BCUT2D eigenvalue weighted by atomic mass is 32.2. The zero-order chi connectivity index (χ0) is 8.55. The number of fused-ring (bicyclic) bond motifs is 1. The van der Waals surface area contributed by atoms with Crippen molar-refractivity contribution in [2.45, 2.75) is 4.90 Å². The van der Waals surface area contributed by atoms with E-state index in [2.05, 4.69) is 4.98 Å². The maximum atomic E-state index is 10.8. The lowest BCUT2D eigenvalue weighted by Crippen LogP contribution is -1.88. The van der Waals surface area contributed by atoms with Crippen molar-refractivity contribution in [2.24, 2.45) is 0 Å². The Hall–Kier alpha value is -1.13. The highest BCUT2D eigenvalue weighted by molar-refractivity contribution is 7.79. The third-order valence-corrected chi connectivity index (χ3v) is 2.45. The van der Waals surface area contributed by atoms with Gasteiger partial charge in [0, 0.05) is 11.6 Å². The van der Waals surface area contributed by atoms with Gasteiger partial charge < -0.3 is 9.54 Å². The molecule has 1 unspecified atom stereocenters. The largest absolute Gasteiger partial charge is 0.360 e. The zero-order valence-electron chi connectivity index (χ0n) is 6.15. The van der Waals surface area contributed by atoms with Crippen LogP contribution in [0.15, 0.2) is 35.4 Å². The van der Waals surface area contributed by atoms with Crippen LogP contribution in [0, 0.1) is 0 Å². The second-order valence-electron chi connectivity index (χ2n) is 2.45. The lowest BCUT2D eigenvalue weighted by atomic mass is 10.2. The van der Waals surface area contributed by atoms with E-state index in [-0.39, 0.29) is 0 Å². The van der Waals surface area contributed by atoms with E-state index in [1.165, 1.54) is 0 Å². The summed E-state index contributed by atoms with van der Waals surface area (Å²) in [6, 6.07) is 7.16. The van der Waals surface area contributed by atoms with Gasteiger partial charge in [-0.2, -0.15) is 0 Å². The van der Waals surface area contributed by atoms with Gasteiger partial charge >= 0.3 is 0 Å². The molecule has 4 heteroatoms. The maximum Gasteiger partial charge on any atom is 0.188 e. The van der Waals surface area contributed by atoms with Gasteiger partial charge in [-0.3, -0.25) is 0 Å². The molecule has 2 N–H and O–H groups in total. The predicted octanol–water partition coefficient (Wildman–Crippen LogP) is 1.75. The molecule has 0 saturated heterocycles. The number of aromatic amines is 1. The van der Waals surface area contributed by atoms with Crippen LogP contribution in [0.3, 0.4) is 0 Å². The van der Waals surface area contributed by atoms with Crippen molar-refractivity contribution >= 4 is 22.0 Å². The Morgan fingerprint density at radius 3 is 2.92 bits per heavy atom. The molecule has 3 nitrogen and oxygen atoms in total. The number of H-pyrrole nitrogens is 1. The molecule has 0 aliphatic heterocycles. The number of benzene rings is 1. The van der Waals surface area contributed by atoms with Gasteiger partial charge in [0.25, 0.3) is 0 Å². The lowest BCUT2D eigenvalue weighted by molar-refractivity contribution is 0.565. The third kappa shape index (κ3) is 1.05. The minimum atomic E-state index is -1.91. The molecule has 1 heterocycles. The molecular weight excluding hydrogens is 174 g/mol. The van der Waals surface area contributed by atoms with E-state index in [9.17, 15) is 4.21 Å². The zero-order valence-corrected chi connectivity index (χ0v) is 6.97. The standard InChI is InChI=1S/C8H7NO2S/c10-12(11)7-3-1-2-6-4-5-9-8(6)7/h1-5,9H,(H,10,11). The Morgan fingerprint density at radius 2 is 2.17 bits per heavy atom. The van der Waals surface area contributed by atoms with Gasteiger partial charge in [-0.1, -0.05) is 12.1 Å². The average molecular weight is 181 g/mol. The van der Waals surface area contributed by atoms with Gasteiger partial charge in [0.05, 0.1) is 10.4 Å². The van der Waals surface area contributed by atoms with Crippen LogP contribution in [0.2, 0.25) is 0 Å². The highest BCUT2D eigenvalue weighted by Gasteiger charge is 2.05. The van der Waals surface area contributed by atoms with Crippen molar-refractivity contribution in [3.63, 3.8) is 0 Å². The second-order valence-corrected chi connectivity index (χ2v) is 3.39. The fourth-order valence-electron chi connectivity index (χ4n) is 1.20. The Bertz CT molecular complexity index is 435. The minimum Gasteiger partial charge on any atom is -0.360 e. The summed E-state index contributed by atoms with van der Waals surface area (Å²) in [6.45, 7) is 0. The molecule has 1 aromatic heterocycles. The highest BCUT2D eigenvalue weighted by Crippen LogP contribution is 2.18. The summed E-state index contributed by atoms with van der Waals surface area (Å²) in [4.78, 5) is 3.34. The van der Waals surface area contributed by atoms with Crippen LogP contribution in [-0.4, -0.2) is 13.7 Å². The Balaban J connectivity index is 2.82. The summed E-state index contributed by atoms with van der Waals surface area (Å²) in [6.07, 6.45) is 1.75. The number of para-hydroxylation sites is 1. The van der Waals surface area contributed by atoms with Gasteiger partial charge in [0.15, 0.2) is 11.1 Å². The summed E-state index contributed by atoms with van der Waals surface area (Å²) < 4.78 is 19.7. The summed E-state index contributed by atoms with van der Waals surface area (Å²) in [7, 11) is 0. The van der Waals surface area contributed by atoms with Crippen molar-refractivity contribution < 1.29 is 8.76 Å². The maximum absolute atomic E-state index is 10.8. The van der Waals surface area contributed by atoms with Crippen molar-refractivity contribution in [1.29, 1.82) is 0 Å². The van der Waals surface area contributed by atoms with Gasteiger partial charge in [0.2, 0.25) is 0 Å². The van der Waals surface area contributed by atoms with Crippen molar-refractivity contribution in [2.75, 3.05) is 0 Å². The quantitative estimate of drug-likeness (QED) is 0.658. The van der Waals surface area contributed by atoms with E-state index >= 15 is 0 Å². The minimum absolute atomic E-state index is 0.428. The smallest absolute Gasteiger partial charge is 0.188 e. The van der Waals surface area contributed by atoms with Gasteiger partial charge in [0.1, 0.15) is 0 Å². The molecule has 0 fully saturated rings. The first-order valence-corrected chi connectivity index (χ1v) is 4.56. The predicted molar refractivity (Wildman–Crippen MR) is 47.3 cm³/mol. The van der Waals surface area contributed by atoms with E-state index in [0.29, 0.717) is 4.90 Å². The Labute approximate surface area is 71.7 Å². The first-order valence-electron chi connectivity index (χ1n) is 3.46. The van der Waals surface area contributed by atoms with Crippen LogP contribution >= 0.6 is 0 Å². The Morgan fingerprint density at radius 1 is 1.33 bits per heavy atom. The monoisotopic (exact) mass is 181 g/mol. The van der Waals surface area contributed by atoms with Gasteiger partial charge in [-0.25, -0.2) is 4.21 Å². The molecule has 0 amide bonds. The third-order valence-electron chi connectivity index (χ3n) is 1.74. The molecule has 0 spiro atoms. The van der Waals surface area contributed by atoms with E-state index in [4.69, 9.17) is 4.55 Å². The molecule has 2 rings (SSSR count). The molecule has 12 heavy (non-hydrogen) atoms. The number of hydrogen-bond acceptors (Lipinski definition) is 1. The van der Waals surface area contributed by atoms with E-state index in [1.807, 2.05) is 12.1 Å². The van der Waals surface area contributed by atoms with Crippen molar-refractivity contribution in [1.82, 2.24) is 4.98 Å². The average Bonchev–Trinajstić information content (AvgIpc) is 2.49. The summed E-state index contributed by atoms with van der Waals surface area (Å²) in [5.41, 5.74) is 0.735. The van der Waals surface area contributed by atoms with Crippen molar-refractivity contribution in [3.8, 4) is 0 Å². The molecule has 0 bridgehead atoms. The molecule has 0 saturated carbocycles. The Kier molecular flexibility index (Phi) is 1.71. The molecule has 1 aromatic carbocycles.